The van der Waals surface area contributed by atoms with Crippen molar-refractivity contribution in [3.63, 3.8) is 0 Å². The molecule has 0 unspecified atom stereocenters. The molecule has 0 bridgehead atoms. The molecule has 0 atom stereocenters. The predicted molar refractivity (Wildman–Crippen MR) is 80.3 cm³/mol. The molecule has 4 rings (SSSR count). The van der Waals surface area contributed by atoms with Crippen LogP contribution in [0.4, 0.5) is 4.39 Å². The number of carbonyl (C=O) groups excluding carboxylic acids is 1. The van der Waals surface area contributed by atoms with Crippen LogP contribution in [0, 0.1) is 11.7 Å². The average Bonchev–Trinajstić information content (AvgIpc) is 3.16. The Morgan fingerprint density at radius 3 is 3.14 bits per heavy atom. The van der Waals surface area contributed by atoms with Gasteiger partial charge in [-0.3, -0.25) is 10.1 Å². The van der Waals surface area contributed by atoms with Crippen molar-refractivity contribution in [1.82, 2.24) is 20.6 Å². The van der Waals surface area contributed by atoms with E-state index in [4.69, 9.17) is 0 Å². The van der Waals surface area contributed by atoms with Gasteiger partial charge in [0.1, 0.15) is 17.2 Å². The van der Waals surface area contributed by atoms with E-state index >= 15 is 0 Å². The zero-order valence-corrected chi connectivity index (χ0v) is 11.7. The first-order chi connectivity index (χ1) is 10.7. The van der Waals surface area contributed by atoms with Gasteiger partial charge in [0.15, 0.2) is 0 Å². The molecular formula is C15H14FN5O. The number of aromatic amines is 1. The minimum atomic E-state index is -0.419. The van der Waals surface area contributed by atoms with Gasteiger partial charge < -0.3 is 10.3 Å². The third kappa shape index (κ3) is 2.45. The maximum absolute atomic E-state index is 13.3. The van der Waals surface area contributed by atoms with E-state index < -0.39 is 5.82 Å². The van der Waals surface area contributed by atoms with Crippen molar-refractivity contribution >= 4 is 29.0 Å². The monoisotopic (exact) mass is 299 g/mol. The molecule has 1 fully saturated rings. The quantitative estimate of drug-likeness (QED) is 0.752. The number of nitrogens with one attached hydrogen (secondary N) is 3. The van der Waals surface area contributed by atoms with Crippen LogP contribution < -0.4 is 10.6 Å². The molecule has 3 N–H and O–H groups in total. The first kappa shape index (κ1) is 13.0. The molecule has 1 amide bonds. The number of rotatable bonds is 3. The Kier molecular flexibility index (Phi) is 2.92. The van der Waals surface area contributed by atoms with Gasteiger partial charge in [0.25, 0.3) is 5.91 Å². The number of guanidine groups is 1. The molecule has 0 aromatic carbocycles. The lowest BCUT2D eigenvalue weighted by Crippen LogP contribution is -2.37. The van der Waals surface area contributed by atoms with Crippen molar-refractivity contribution in [2.45, 2.75) is 12.8 Å². The van der Waals surface area contributed by atoms with Crippen molar-refractivity contribution in [2.24, 2.45) is 10.9 Å². The molecule has 7 heteroatoms. The highest BCUT2D eigenvalue weighted by atomic mass is 19.1. The van der Waals surface area contributed by atoms with Gasteiger partial charge in [0, 0.05) is 23.7 Å². The second-order valence-electron chi connectivity index (χ2n) is 5.56. The highest BCUT2D eigenvalue weighted by molar-refractivity contribution is 6.14. The molecule has 22 heavy (non-hydrogen) atoms. The standard InChI is InChI=1S/C15H14FN5O/c16-10-4-11-9(6-17-13(11)18-7-10)3-12-14(22)21-15(20-12)19-5-8-1-2-8/h3-4,6-8H,1-2,5H2,(H,17,18)(H2,19,20,21,22)/b12-3-. The van der Waals surface area contributed by atoms with Gasteiger partial charge in [-0.15, -0.1) is 0 Å². The summed E-state index contributed by atoms with van der Waals surface area (Å²) in [6.07, 6.45) is 6.91. The summed E-state index contributed by atoms with van der Waals surface area (Å²) in [4.78, 5) is 23.1. The van der Waals surface area contributed by atoms with Gasteiger partial charge in [-0.1, -0.05) is 0 Å². The Morgan fingerprint density at radius 1 is 1.45 bits per heavy atom. The van der Waals surface area contributed by atoms with E-state index in [-0.39, 0.29) is 5.91 Å². The fourth-order valence-electron chi connectivity index (χ4n) is 2.38. The molecule has 0 radical (unpaired) electrons. The van der Waals surface area contributed by atoms with Crippen molar-refractivity contribution in [3.8, 4) is 0 Å². The number of H-pyrrole nitrogens is 1. The Labute approximate surface area is 125 Å². The number of pyridine rings is 1. The molecule has 2 aliphatic rings. The van der Waals surface area contributed by atoms with Crippen LogP contribution in [0.15, 0.2) is 29.1 Å². The average molecular weight is 299 g/mol. The molecule has 112 valence electrons. The number of carbonyl (C=O) groups is 1. The summed E-state index contributed by atoms with van der Waals surface area (Å²) in [7, 11) is 0. The fourth-order valence-corrected chi connectivity index (χ4v) is 2.38. The third-order valence-corrected chi connectivity index (χ3v) is 3.77. The summed E-state index contributed by atoms with van der Waals surface area (Å²) in [5.74, 6) is 0.484. The first-order valence-electron chi connectivity index (χ1n) is 7.17. The van der Waals surface area contributed by atoms with Crippen LogP contribution in [0.1, 0.15) is 18.4 Å². The van der Waals surface area contributed by atoms with E-state index in [1.807, 2.05) is 0 Å². The Bertz CT molecular complexity index is 818. The number of amides is 1. The normalized spacial score (nSPS) is 19.6. The van der Waals surface area contributed by atoms with Gasteiger partial charge in [0.05, 0.1) is 6.20 Å². The van der Waals surface area contributed by atoms with Gasteiger partial charge in [-0.05, 0) is 30.9 Å². The molecule has 0 spiro atoms. The number of halogens is 1. The number of nitrogens with zero attached hydrogens (tertiary/aromatic N) is 2. The maximum Gasteiger partial charge on any atom is 0.276 e. The minimum absolute atomic E-state index is 0.267. The molecule has 2 aromatic rings. The summed E-state index contributed by atoms with van der Waals surface area (Å²) in [5.41, 5.74) is 1.55. The molecule has 6 nitrogen and oxygen atoms in total. The summed E-state index contributed by atoms with van der Waals surface area (Å²) in [6, 6.07) is 1.38. The molecular weight excluding hydrogens is 285 g/mol. The maximum atomic E-state index is 13.3. The summed E-state index contributed by atoms with van der Waals surface area (Å²) in [5, 5.41) is 6.44. The topological polar surface area (TPSA) is 82.2 Å². The zero-order valence-electron chi connectivity index (χ0n) is 11.7. The van der Waals surface area contributed by atoms with E-state index in [2.05, 4.69) is 25.6 Å². The van der Waals surface area contributed by atoms with E-state index in [0.717, 1.165) is 12.7 Å². The molecule has 1 aliphatic carbocycles. The highest BCUT2D eigenvalue weighted by Gasteiger charge is 2.24. The van der Waals surface area contributed by atoms with Crippen molar-refractivity contribution < 1.29 is 9.18 Å². The van der Waals surface area contributed by atoms with Gasteiger partial charge in [-0.2, -0.15) is 0 Å². The van der Waals surface area contributed by atoms with Crippen molar-refractivity contribution in [2.75, 3.05) is 6.54 Å². The largest absolute Gasteiger partial charge is 0.355 e. The molecule has 2 aromatic heterocycles. The van der Waals surface area contributed by atoms with Crippen LogP contribution in [0.2, 0.25) is 0 Å². The van der Waals surface area contributed by atoms with Crippen LogP contribution in [-0.4, -0.2) is 28.4 Å². The Hall–Kier alpha value is -2.70. The van der Waals surface area contributed by atoms with Crippen LogP contribution in [0.25, 0.3) is 17.1 Å². The second-order valence-corrected chi connectivity index (χ2v) is 5.56. The summed E-state index contributed by atoms with van der Waals surface area (Å²) < 4.78 is 13.3. The zero-order chi connectivity index (χ0) is 15.1. The van der Waals surface area contributed by atoms with Gasteiger partial charge in [-0.25, -0.2) is 14.4 Å². The minimum Gasteiger partial charge on any atom is -0.355 e. The van der Waals surface area contributed by atoms with E-state index in [1.54, 1.807) is 12.3 Å². The number of hydrogen-bond donors (Lipinski definition) is 3. The number of hydrogen-bond acceptors (Lipinski definition) is 4. The van der Waals surface area contributed by atoms with Crippen LogP contribution in [0.5, 0.6) is 0 Å². The Morgan fingerprint density at radius 2 is 2.32 bits per heavy atom. The number of aromatic nitrogens is 2. The van der Waals surface area contributed by atoms with Gasteiger partial charge >= 0.3 is 0 Å². The lowest BCUT2D eigenvalue weighted by atomic mass is 10.2. The fraction of sp³-hybridized carbons (Fsp3) is 0.267. The number of fused-ring (bicyclic) bond motifs is 1. The smallest absolute Gasteiger partial charge is 0.276 e. The van der Waals surface area contributed by atoms with E-state index in [1.165, 1.54) is 18.9 Å². The molecule has 3 heterocycles. The van der Waals surface area contributed by atoms with Crippen molar-refractivity contribution in [3.05, 3.63) is 35.5 Å². The molecule has 0 saturated heterocycles. The molecule has 1 aliphatic heterocycles. The van der Waals surface area contributed by atoms with Crippen LogP contribution in [0.3, 0.4) is 0 Å². The first-order valence-corrected chi connectivity index (χ1v) is 7.17. The second kappa shape index (κ2) is 4.94. The summed E-state index contributed by atoms with van der Waals surface area (Å²) >= 11 is 0. The summed E-state index contributed by atoms with van der Waals surface area (Å²) in [6.45, 7) is 0.828. The predicted octanol–water partition coefficient (Wildman–Crippen LogP) is 1.53. The lowest BCUT2D eigenvalue weighted by molar-refractivity contribution is -0.115. The number of aliphatic imine (C=N–C) groups is 1. The highest BCUT2D eigenvalue weighted by Crippen LogP contribution is 2.27. The van der Waals surface area contributed by atoms with E-state index in [0.29, 0.717) is 34.2 Å². The molecule has 1 saturated carbocycles. The third-order valence-electron chi connectivity index (χ3n) is 3.77. The SMILES string of the molecule is O=C1NC(NCC2CC2)=N/C1=C\c1c[nH]c2ncc(F)cc12. The Balaban J connectivity index is 1.62. The van der Waals surface area contributed by atoms with Crippen LogP contribution in [-0.2, 0) is 4.79 Å². The lowest BCUT2D eigenvalue weighted by Gasteiger charge is -2.02. The van der Waals surface area contributed by atoms with E-state index in [9.17, 15) is 9.18 Å². The van der Waals surface area contributed by atoms with Gasteiger partial charge in [0.2, 0.25) is 5.96 Å². The van der Waals surface area contributed by atoms with Crippen LogP contribution >= 0.6 is 0 Å². The van der Waals surface area contributed by atoms with Crippen molar-refractivity contribution in [1.29, 1.82) is 0 Å².